The van der Waals surface area contributed by atoms with Gasteiger partial charge in [0.1, 0.15) is 5.38 Å². The molecule has 1 atom stereocenters. The zero-order chi connectivity index (χ0) is 13.1. The molecule has 0 saturated heterocycles. The van der Waals surface area contributed by atoms with Gasteiger partial charge >= 0.3 is 0 Å². The second kappa shape index (κ2) is 5.75. The third-order valence-corrected chi connectivity index (χ3v) is 3.58. The number of hydrogen-bond donors (Lipinski definition) is 0. The molecule has 1 saturated carbocycles. The molecule has 1 aromatic carbocycles. The van der Waals surface area contributed by atoms with Gasteiger partial charge in [0, 0.05) is 12.6 Å². The van der Waals surface area contributed by atoms with E-state index in [0.717, 1.165) is 19.3 Å². The molecule has 0 aromatic heterocycles. The van der Waals surface area contributed by atoms with Crippen LogP contribution in [0, 0.1) is 0 Å². The summed E-state index contributed by atoms with van der Waals surface area (Å²) in [6, 6.07) is 8.90. The fourth-order valence-corrected chi connectivity index (χ4v) is 2.20. The van der Waals surface area contributed by atoms with Crippen molar-refractivity contribution in [3.05, 3.63) is 35.4 Å². The van der Waals surface area contributed by atoms with Crippen LogP contribution in [-0.4, -0.2) is 22.2 Å². The predicted octanol–water partition coefficient (Wildman–Crippen LogP) is 3.37. The van der Waals surface area contributed by atoms with Gasteiger partial charge in [-0.05, 0) is 37.3 Å². The molecule has 18 heavy (non-hydrogen) atoms. The molecule has 2 nitrogen and oxygen atoms in total. The Balaban J connectivity index is 2.06. The maximum Gasteiger partial charge on any atom is 0.240 e. The lowest BCUT2D eigenvalue weighted by atomic mass is 10.1. The summed E-state index contributed by atoms with van der Waals surface area (Å²) in [5.41, 5.74) is 2.51. The van der Waals surface area contributed by atoms with E-state index in [2.05, 4.69) is 31.2 Å². The van der Waals surface area contributed by atoms with E-state index in [1.54, 1.807) is 6.92 Å². The molecule has 0 heterocycles. The van der Waals surface area contributed by atoms with Crippen LogP contribution in [0.2, 0.25) is 0 Å². The summed E-state index contributed by atoms with van der Waals surface area (Å²) >= 11 is 5.92. The molecule has 1 aliphatic rings. The minimum atomic E-state index is -0.430. The molecule has 2 rings (SSSR count). The van der Waals surface area contributed by atoms with Crippen LogP contribution in [0.1, 0.15) is 37.8 Å². The summed E-state index contributed by atoms with van der Waals surface area (Å²) in [6.07, 6.45) is 3.27. The molecule has 0 aliphatic heterocycles. The van der Waals surface area contributed by atoms with Gasteiger partial charge in [-0.3, -0.25) is 4.79 Å². The molecule has 1 unspecified atom stereocenters. The average molecular weight is 266 g/mol. The smallest absolute Gasteiger partial charge is 0.240 e. The van der Waals surface area contributed by atoms with E-state index in [9.17, 15) is 4.79 Å². The molecule has 1 aromatic rings. The van der Waals surface area contributed by atoms with Gasteiger partial charge in [-0.15, -0.1) is 11.6 Å². The standard InChI is InChI=1S/C15H20ClNO/c1-3-12-4-6-13(7-5-12)10-17(14-8-9-14)15(18)11(2)16/h4-7,11,14H,3,8-10H2,1-2H3. The number of nitrogens with zero attached hydrogens (tertiary/aromatic N) is 1. The van der Waals surface area contributed by atoms with Gasteiger partial charge in [-0.1, -0.05) is 31.2 Å². The molecular weight excluding hydrogens is 246 g/mol. The number of carbonyl (C=O) groups is 1. The Kier molecular flexibility index (Phi) is 4.28. The second-order valence-electron chi connectivity index (χ2n) is 4.98. The summed E-state index contributed by atoms with van der Waals surface area (Å²) in [7, 11) is 0. The van der Waals surface area contributed by atoms with Gasteiger partial charge < -0.3 is 4.90 Å². The van der Waals surface area contributed by atoms with Crippen molar-refractivity contribution in [2.45, 2.75) is 51.1 Å². The van der Waals surface area contributed by atoms with Crippen molar-refractivity contribution in [3.63, 3.8) is 0 Å². The number of halogens is 1. The van der Waals surface area contributed by atoms with Crippen molar-refractivity contribution in [2.75, 3.05) is 0 Å². The predicted molar refractivity (Wildman–Crippen MR) is 74.7 cm³/mol. The molecule has 1 amide bonds. The Morgan fingerprint density at radius 2 is 1.89 bits per heavy atom. The first-order valence-corrected chi connectivity index (χ1v) is 7.07. The van der Waals surface area contributed by atoms with Gasteiger partial charge in [0.2, 0.25) is 5.91 Å². The van der Waals surface area contributed by atoms with Crippen molar-refractivity contribution < 1.29 is 4.79 Å². The number of hydrogen-bond acceptors (Lipinski definition) is 1. The first-order chi connectivity index (χ1) is 8.61. The fraction of sp³-hybridized carbons (Fsp3) is 0.533. The Labute approximate surface area is 114 Å². The van der Waals surface area contributed by atoms with E-state index in [-0.39, 0.29) is 5.91 Å². The van der Waals surface area contributed by atoms with Crippen LogP contribution in [-0.2, 0) is 17.8 Å². The molecule has 0 radical (unpaired) electrons. The van der Waals surface area contributed by atoms with E-state index in [0.29, 0.717) is 12.6 Å². The normalized spacial score (nSPS) is 16.4. The van der Waals surface area contributed by atoms with Gasteiger partial charge in [0.05, 0.1) is 0 Å². The number of amides is 1. The van der Waals surface area contributed by atoms with Crippen molar-refractivity contribution in [3.8, 4) is 0 Å². The van der Waals surface area contributed by atoms with Crippen LogP contribution in [0.4, 0.5) is 0 Å². The average Bonchev–Trinajstić information content (AvgIpc) is 3.20. The summed E-state index contributed by atoms with van der Waals surface area (Å²) < 4.78 is 0. The van der Waals surface area contributed by atoms with E-state index < -0.39 is 5.38 Å². The first kappa shape index (κ1) is 13.4. The zero-order valence-electron chi connectivity index (χ0n) is 11.0. The number of rotatable bonds is 5. The van der Waals surface area contributed by atoms with Crippen molar-refractivity contribution in [2.24, 2.45) is 0 Å². The number of aryl methyl sites for hydroxylation is 1. The van der Waals surface area contributed by atoms with Crippen molar-refractivity contribution in [1.29, 1.82) is 0 Å². The van der Waals surface area contributed by atoms with Gasteiger partial charge in [0.25, 0.3) is 0 Å². The van der Waals surface area contributed by atoms with Crippen molar-refractivity contribution in [1.82, 2.24) is 4.90 Å². The minimum absolute atomic E-state index is 0.0544. The number of benzene rings is 1. The molecule has 98 valence electrons. The van der Waals surface area contributed by atoms with Crippen LogP contribution >= 0.6 is 11.6 Å². The second-order valence-corrected chi connectivity index (χ2v) is 5.64. The highest BCUT2D eigenvalue weighted by atomic mass is 35.5. The topological polar surface area (TPSA) is 20.3 Å². The Bertz CT molecular complexity index is 409. The fourth-order valence-electron chi connectivity index (χ4n) is 2.08. The molecular formula is C15H20ClNO. The number of alkyl halides is 1. The van der Waals surface area contributed by atoms with Crippen LogP contribution in [0.25, 0.3) is 0 Å². The van der Waals surface area contributed by atoms with Crippen LogP contribution < -0.4 is 0 Å². The Morgan fingerprint density at radius 3 is 2.33 bits per heavy atom. The highest BCUT2D eigenvalue weighted by Crippen LogP contribution is 2.29. The molecule has 0 bridgehead atoms. The molecule has 1 aliphatic carbocycles. The Morgan fingerprint density at radius 1 is 1.33 bits per heavy atom. The highest BCUT2D eigenvalue weighted by molar-refractivity contribution is 6.30. The van der Waals surface area contributed by atoms with Gasteiger partial charge in [-0.2, -0.15) is 0 Å². The van der Waals surface area contributed by atoms with E-state index in [4.69, 9.17) is 11.6 Å². The lowest BCUT2D eigenvalue weighted by molar-refractivity contribution is -0.131. The lowest BCUT2D eigenvalue weighted by Crippen LogP contribution is -2.36. The van der Waals surface area contributed by atoms with E-state index in [1.807, 2.05) is 4.90 Å². The number of carbonyl (C=O) groups excluding carboxylic acids is 1. The third-order valence-electron chi connectivity index (χ3n) is 3.40. The SMILES string of the molecule is CCc1ccc(CN(C(=O)C(C)Cl)C2CC2)cc1. The van der Waals surface area contributed by atoms with E-state index in [1.165, 1.54) is 11.1 Å². The maximum absolute atomic E-state index is 12.0. The summed E-state index contributed by atoms with van der Waals surface area (Å²) in [5, 5.41) is -0.430. The zero-order valence-corrected chi connectivity index (χ0v) is 11.8. The summed E-state index contributed by atoms with van der Waals surface area (Å²) in [5.74, 6) is 0.0544. The maximum atomic E-state index is 12.0. The Hall–Kier alpha value is -1.02. The largest absolute Gasteiger partial charge is 0.334 e. The van der Waals surface area contributed by atoms with Crippen LogP contribution in [0.3, 0.4) is 0 Å². The third kappa shape index (κ3) is 3.26. The quantitative estimate of drug-likeness (QED) is 0.748. The highest BCUT2D eigenvalue weighted by Gasteiger charge is 2.33. The molecule has 0 spiro atoms. The summed E-state index contributed by atoms with van der Waals surface area (Å²) in [4.78, 5) is 14.0. The van der Waals surface area contributed by atoms with Gasteiger partial charge in [0.15, 0.2) is 0 Å². The van der Waals surface area contributed by atoms with Crippen LogP contribution in [0.5, 0.6) is 0 Å². The summed E-state index contributed by atoms with van der Waals surface area (Å²) in [6.45, 7) is 4.58. The van der Waals surface area contributed by atoms with Crippen LogP contribution in [0.15, 0.2) is 24.3 Å². The lowest BCUT2D eigenvalue weighted by Gasteiger charge is -2.23. The molecule has 1 fully saturated rings. The van der Waals surface area contributed by atoms with Crippen molar-refractivity contribution >= 4 is 17.5 Å². The van der Waals surface area contributed by atoms with Gasteiger partial charge in [-0.25, -0.2) is 0 Å². The molecule has 3 heteroatoms. The molecule has 0 N–H and O–H groups in total. The van der Waals surface area contributed by atoms with E-state index >= 15 is 0 Å². The minimum Gasteiger partial charge on any atom is -0.334 e. The monoisotopic (exact) mass is 265 g/mol. The first-order valence-electron chi connectivity index (χ1n) is 6.64.